The maximum atomic E-state index is 11.7. The zero-order valence-electron chi connectivity index (χ0n) is 10.9. The number of benzene rings is 1. The van der Waals surface area contributed by atoms with Crippen LogP contribution in [0.15, 0.2) is 24.3 Å². The number of halogens is 1. The molecule has 0 atom stereocenters. The van der Waals surface area contributed by atoms with E-state index >= 15 is 0 Å². The predicted octanol–water partition coefficient (Wildman–Crippen LogP) is 1.19. The minimum absolute atomic E-state index is 0.0163. The van der Waals surface area contributed by atoms with E-state index in [9.17, 15) is 9.59 Å². The summed E-state index contributed by atoms with van der Waals surface area (Å²) >= 11 is 12.3. The molecule has 3 N–H and O–H groups in total. The van der Waals surface area contributed by atoms with Crippen molar-refractivity contribution in [2.45, 2.75) is 0 Å². The summed E-state index contributed by atoms with van der Waals surface area (Å²) in [4.78, 5) is 24.5. The van der Waals surface area contributed by atoms with Crippen LogP contribution < -0.4 is 16.2 Å². The Morgan fingerprint density at radius 3 is 2.67 bits per heavy atom. The molecule has 1 heterocycles. The molecule has 1 saturated heterocycles. The summed E-state index contributed by atoms with van der Waals surface area (Å²) in [6.07, 6.45) is 0. The topological polar surface area (TPSA) is 73.5 Å². The van der Waals surface area contributed by atoms with Crippen LogP contribution in [0.2, 0.25) is 5.02 Å². The van der Waals surface area contributed by atoms with Gasteiger partial charge in [0.2, 0.25) is 5.91 Å². The van der Waals surface area contributed by atoms with Crippen LogP contribution in [0.3, 0.4) is 0 Å². The molecule has 1 aliphatic rings. The SMILES string of the molecule is O=C(CN1CSCC1=O)NNC(=S)Nc1ccc(Cl)cc1. The quantitative estimate of drug-likeness (QED) is 0.565. The fourth-order valence-corrected chi connectivity index (χ4v) is 2.77. The molecule has 9 heteroatoms. The molecule has 2 amide bonds. The van der Waals surface area contributed by atoms with Gasteiger partial charge in [0, 0.05) is 10.7 Å². The van der Waals surface area contributed by atoms with E-state index < -0.39 is 0 Å². The average molecular weight is 345 g/mol. The molecule has 0 spiro atoms. The fourth-order valence-electron chi connectivity index (χ4n) is 1.58. The molecule has 2 rings (SSSR count). The summed E-state index contributed by atoms with van der Waals surface area (Å²) in [5, 5.41) is 3.76. The van der Waals surface area contributed by atoms with Crippen LogP contribution in [-0.4, -0.2) is 40.0 Å². The first-order valence-corrected chi connectivity index (χ1v) is 7.95. The number of hydrazine groups is 1. The summed E-state index contributed by atoms with van der Waals surface area (Å²) in [6, 6.07) is 6.97. The van der Waals surface area contributed by atoms with Gasteiger partial charge in [-0.3, -0.25) is 20.4 Å². The van der Waals surface area contributed by atoms with Gasteiger partial charge in [-0.15, -0.1) is 11.8 Å². The lowest BCUT2D eigenvalue weighted by molar-refractivity contribution is -0.132. The number of thiocarbonyl (C=S) groups is 1. The third-order valence-corrected chi connectivity index (χ3v) is 3.98. The Morgan fingerprint density at radius 1 is 1.33 bits per heavy atom. The molecule has 1 aromatic carbocycles. The van der Waals surface area contributed by atoms with Gasteiger partial charge in [0.05, 0.1) is 11.6 Å². The van der Waals surface area contributed by atoms with Crippen molar-refractivity contribution in [3.8, 4) is 0 Å². The van der Waals surface area contributed by atoms with Crippen molar-refractivity contribution in [2.75, 3.05) is 23.5 Å². The summed E-state index contributed by atoms with van der Waals surface area (Å²) in [7, 11) is 0. The summed E-state index contributed by atoms with van der Waals surface area (Å²) in [6.45, 7) is 0.0163. The number of nitrogens with one attached hydrogen (secondary N) is 3. The Kier molecular flexibility index (Phi) is 5.66. The minimum atomic E-state index is -0.328. The molecular weight excluding hydrogens is 332 g/mol. The third kappa shape index (κ3) is 5.07. The third-order valence-electron chi connectivity index (χ3n) is 2.58. The second-order valence-corrected chi connectivity index (χ2v) is 6.00. The van der Waals surface area contributed by atoms with Gasteiger partial charge < -0.3 is 10.2 Å². The number of hydrogen-bond acceptors (Lipinski definition) is 4. The van der Waals surface area contributed by atoms with Crippen molar-refractivity contribution in [3.05, 3.63) is 29.3 Å². The Morgan fingerprint density at radius 2 is 2.05 bits per heavy atom. The zero-order valence-corrected chi connectivity index (χ0v) is 13.3. The summed E-state index contributed by atoms with van der Waals surface area (Å²) in [5.74, 6) is 0.611. The lowest BCUT2D eigenvalue weighted by Gasteiger charge is -2.15. The molecule has 0 aliphatic carbocycles. The number of carbonyl (C=O) groups is 2. The number of carbonyl (C=O) groups excluding carboxylic acids is 2. The number of rotatable bonds is 3. The van der Waals surface area contributed by atoms with E-state index in [4.69, 9.17) is 23.8 Å². The number of amides is 2. The molecule has 0 aromatic heterocycles. The lowest BCUT2D eigenvalue weighted by atomic mass is 10.3. The highest BCUT2D eigenvalue weighted by molar-refractivity contribution is 8.00. The van der Waals surface area contributed by atoms with Gasteiger partial charge in [-0.25, -0.2) is 0 Å². The molecule has 6 nitrogen and oxygen atoms in total. The second kappa shape index (κ2) is 7.48. The molecule has 0 saturated carbocycles. The Hall–Kier alpha value is -1.51. The van der Waals surface area contributed by atoms with Gasteiger partial charge >= 0.3 is 0 Å². The molecule has 1 fully saturated rings. The number of thioether (sulfide) groups is 1. The van der Waals surface area contributed by atoms with Crippen molar-refractivity contribution in [2.24, 2.45) is 0 Å². The molecule has 1 aromatic rings. The van der Waals surface area contributed by atoms with Gasteiger partial charge in [0.25, 0.3) is 5.91 Å². The van der Waals surface area contributed by atoms with Crippen molar-refractivity contribution in [1.82, 2.24) is 15.8 Å². The van der Waals surface area contributed by atoms with Crippen molar-refractivity contribution >= 4 is 58.2 Å². The Bertz CT molecular complexity index is 553. The largest absolute Gasteiger partial charge is 0.331 e. The molecule has 0 radical (unpaired) electrons. The molecule has 0 unspecified atom stereocenters. The van der Waals surface area contributed by atoms with Gasteiger partial charge in [-0.2, -0.15) is 0 Å². The van der Waals surface area contributed by atoms with E-state index in [0.29, 0.717) is 16.7 Å². The van der Waals surface area contributed by atoms with Crippen LogP contribution in [0.1, 0.15) is 0 Å². The highest BCUT2D eigenvalue weighted by Crippen LogP contribution is 2.14. The van der Waals surface area contributed by atoms with Crippen LogP contribution in [0, 0.1) is 0 Å². The van der Waals surface area contributed by atoms with Crippen LogP contribution in [0.5, 0.6) is 0 Å². The smallest absolute Gasteiger partial charge is 0.258 e. The first-order chi connectivity index (χ1) is 10.0. The van der Waals surface area contributed by atoms with E-state index in [1.54, 1.807) is 24.3 Å². The first-order valence-electron chi connectivity index (χ1n) is 6.01. The zero-order chi connectivity index (χ0) is 15.2. The minimum Gasteiger partial charge on any atom is -0.331 e. The van der Waals surface area contributed by atoms with Crippen LogP contribution in [0.25, 0.3) is 0 Å². The van der Waals surface area contributed by atoms with Crippen LogP contribution in [0.4, 0.5) is 5.69 Å². The first kappa shape index (κ1) is 15.9. The fraction of sp³-hybridized carbons (Fsp3) is 0.250. The van der Waals surface area contributed by atoms with Gasteiger partial charge in [-0.1, -0.05) is 11.6 Å². The highest BCUT2D eigenvalue weighted by atomic mass is 35.5. The molecule has 0 bridgehead atoms. The van der Waals surface area contributed by atoms with Gasteiger partial charge in [0.15, 0.2) is 5.11 Å². The van der Waals surface area contributed by atoms with E-state index in [1.165, 1.54) is 16.7 Å². The van der Waals surface area contributed by atoms with Crippen molar-refractivity contribution in [3.63, 3.8) is 0 Å². The van der Waals surface area contributed by atoms with Crippen molar-refractivity contribution in [1.29, 1.82) is 0 Å². The van der Waals surface area contributed by atoms with Gasteiger partial charge in [0.1, 0.15) is 6.54 Å². The predicted molar refractivity (Wildman–Crippen MR) is 88.0 cm³/mol. The van der Waals surface area contributed by atoms with E-state index in [-0.39, 0.29) is 23.5 Å². The molecule has 21 heavy (non-hydrogen) atoms. The maximum absolute atomic E-state index is 11.7. The summed E-state index contributed by atoms with van der Waals surface area (Å²) in [5.41, 5.74) is 5.76. The Labute approximate surface area is 136 Å². The van der Waals surface area contributed by atoms with Crippen molar-refractivity contribution < 1.29 is 9.59 Å². The Balaban J connectivity index is 1.72. The monoisotopic (exact) mass is 344 g/mol. The highest BCUT2D eigenvalue weighted by Gasteiger charge is 2.22. The normalized spacial score (nSPS) is 14.0. The maximum Gasteiger partial charge on any atom is 0.258 e. The van der Waals surface area contributed by atoms with Crippen LogP contribution in [-0.2, 0) is 9.59 Å². The number of anilines is 1. The molecule has 1 aliphatic heterocycles. The van der Waals surface area contributed by atoms with E-state index in [0.717, 1.165) is 5.69 Å². The number of hydrogen-bond donors (Lipinski definition) is 3. The van der Waals surface area contributed by atoms with Gasteiger partial charge in [-0.05, 0) is 36.5 Å². The lowest BCUT2D eigenvalue weighted by Crippen LogP contribution is -2.48. The molecular formula is C12H13ClN4O2S2. The van der Waals surface area contributed by atoms with E-state index in [1.807, 2.05) is 0 Å². The van der Waals surface area contributed by atoms with Crippen LogP contribution >= 0.6 is 35.6 Å². The summed E-state index contributed by atoms with van der Waals surface area (Å²) < 4.78 is 0. The second-order valence-electron chi connectivity index (χ2n) is 4.20. The standard InChI is InChI=1S/C12H13ClN4O2S2/c13-8-1-3-9(4-2-8)14-12(20)16-15-10(18)5-17-7-21-6-11(17)19/h1-4H,5-7H2,(H,15,18)(H2,14,16,20). The average Bonchev–Trinajstić information content (AvgIpc) is 2.85. The molecule has 112 valence electrons. The number of nitrogens with zero attached hydrogens (tertiary/aromatic N) is 1. The van der Waals surface area contributed by atoms with E-state index in [2.05, 4.69) is 16.2 Å².